The van der Waals surface area contributed by atoms with Gasteiger partial charge >= 0.3 is 0 Å². The number of allylic oxidation sites excluding steroid dienone is 1. The molecule has 3 aromatic carbocycles. The van der Waals surface area contributed by atoms with Crippen molar-refractivity contribution in [2.45, 2.75) is 19.9 Å². The lowest BCUT2D eigenvalue weighted by molar-refractivity contribution is -0.113. The van der Waals surface area contributed by atoms with Crippen molar-refractivity contribution >= 4 is 17.5 Å². The Morgan fingerprint density at radius 2 is 1.84 bits per heavy atom. The van der Waals surface area contributed by atoms with Crippen molar-refractivity contribution in [3.63, 3.8) is 0 Å². The van der Waals surface area contributed by atoms with E-state index in [1.54, 1.807) is 23.9 Å². The number of carbonyl (C=O) groups is 1. The third kappa shape index (κ3) is 4.04. The highest BCUT2D eigenvalue weighted by Gasteiger charge is 2.35. The van der Waals surface area contributed by atoms with Crippen LogP contribution in [0.25, 0.3) is 11.4 Å². The molecule has 9 nitrogen and oxygen atoms in total. The van der Waals surface area contributed by atoms with Gasteiger partial charge in [-0.1, -0.05) is 48.0 Å². The Balaban J connectivity index is 1.45. The summed E-state index contributed by atoms with van der Waals surface area (Å²) in [6.45, 7) is 4.06. The van der Waals surface area contributed by atoms with E-state index in [0.29, 0.717) is 46.0 Å². The number of para-hydroxylation sites is 2. The number of benzene rings is 3. The van der Waals surface area contributed by atoms with Crippen LogP contribution in [0.2, 0.25) is 0 Å². The van der Waals surface area contributed by atoms with Gasteiger partial charge in [0, 0.05) is 11.3 Å². The molecule has 1 atom stereocenters. The fraction of sp³-hybridized carbons (Fsp3) is 0.179. The van der Waals surface area contributed by atoms with Crippen LogP contribution in [-0.4, -0.2) is 34.6 Å². The highest BCUT2D eigenvalue weighted by atomic mass is 16.7. The molecule has 0 saturated carbocycles. The fourth-order valence-corrected chi connectivity index (χ4v) is 4.60. The largest absolute Gasteiger partial charge is 0.495 e. The molecule has 37 heavy (non-hydrogen) atoms. The van der Waals surface area contributed by atoms with Crippen molar-refractivity contribution in [1.82, 2.24) is 14.8 Å². The van der Waals surface area contributed by atoms with Crippen LogP contribution in [0, 0.1) is 6.92 Å². The third-order valence-corrected chi connectivity index (χ3v) is 6.47. The van der Waals surface area contributed by atoms with Crippen LogP contribution in [0.1, 0.15) is 24.1 Å². The van der Waals surface area contributed by atoms with E-state index in [9.17, 15) is 4.79 Å². The number of aromatic nitrogens is 3. The summed E-state index contributed by atoms with van der Waals surface area (Å²) in [5, 5.41) is 11.1. The number of nitrogens with one attached hydrogen (secondary N) is 2. The zero-order valence-corrected chi connectivity index (χ0v) is 20.6. The van der Waals surface area contributed by atoms with Crippen LogP contribution in [0.15, 0.2) is 78.0 Å². The summed E-state index contributed by atoms with van der Waals surface area (Å²) in [6, 6.07) is 20.4. The number of aryl methyl sites for hydroxylation is 1. The van der Waals surface area contributed by atoms with Crippen LogP contribution < -0.4 is 24.8 Å². The summed E-state index contributed by atoms with van der Waals surface area (Å²) in [5.74, 6) is 2.68. The minimum absolute atomic E-state index is 0.160. The van der Waals surface area contributed by atoms with Crippen molar-refractivity contribution in [1.29, 1.82) is 0 Å². The maximum absolute atomic E-state index is 13.8. The van der Waals surface area contributed by atoms with Gasteiger partial charge in [-0.05, 0) is 43.7 Å². The Hall–Kier alpha value is -4.79. The van der Waals surface area contributed by atoms with E-state index in [0.717, 1.165) is 16.7 Å². The van der Waals surface area contributed by atoms with Crippen molar-refractivity contribution in [3.8, 4) is 28.6 Å². The first kappa shape index (κ1) is 22.7. The molecule has 0 spiro atoms. The van der Waals surface area contributed by atoms with E-state index in [-0.39, 0.29) is 12.7 Å². The van der Waals surface area contributed by atoms with Crippen molar-refractivity contribution in [3.05, 3.63) is 89.1 Å². The van der Waals surface area contributed by atoms with Gasteiger partial charge in [-0.15, -0.1) is 5.10 Å². The molecule has 0 saturated heterocycles. The molecule has 2 aliphatic rings. The number of anilines is 2. The zero-order valence-electron chi connectivity index (χ0n) is 20.6. The molecule has 0 bridgehead atoms. The molecule has 1 amide bonds. The van der Waals surface area contributed by atoms with Gasteiger partial charge < -0.3 is 24.8 Å². The topological polar surface area (TPSA) is 99.5 Å². The predicted octanol–water partition coefficient (Wildman–Crippen LogP) is 4.92. The van der Waals surface area contributed by atoms with E-state index in [4.69, 9.17) is 24.3 Å². The molecule has 3 heterocycles. The number of hydrogen-bond acceptors (Lipinski definition) is 7. The van der Waals surface area contributed by atoms with Gasteiger partial charge in [0.2, 0.25) is 12.7 Å². The number of amides is 1. The lowest BCUT2D eigenvalue weighted by Gasteiger charge is -2.29. The number of nitrogens with zero attached hydrogens (tertiary/aromatic N) is 3. The van der Waals surface area contributed by atoms with Crippen molar-refractivity contribution in [2.24, 2.45) is 0 Å². The molecule has 2 N–H and O–H groups in total. The lowest BCUT2D eigenvalue weighted by Crippen LogP contribution is -2.31. The number of rotatable bonds is 5. The maximum atomic E-state index is 13.8. The second-order valence-electron chi connectivity index (χ2n) is 8.90. The third-order valence-electron chi connectivity index (χ3n) is 6.47. The van der Waals surface area contributed by atoms with Crippen molar-refractivity contribution < 1.29 is 19.0 Å². The van der Waals surface area contributed by atoms with Gasteiger partial charge in [0.15, 0.2) is 17.3 Å². The van der Waals surface area contributed by atoms with Crippen molar-refractivity contribution in [2.75, 3.05) is 24.5 Å². The molecule has 6 rings (SSSR count). The van der Waals surface area contributed by atoms with Crippen LogP contribution in [0.3, 0.4) is 0 Å². The fourth-order valence-electron chi connectivity index (χ4n) is 4.60. The smallest absolute Gasteiger partial charge is 0.255 e. The Bertz CT molecular complexity index is 1540. The number of hydrogen-bond donors (Lipinski definition) is 2. The number of carbonyl (C=O) groups excluding carboxylic acids is 1. The van der Waals surface area contributed by atoms with Gasteiger partial charge in [0.25, 0.3) is 5.91 Å². The SMILES string of the molecule is COc1ccccc1NC(=O)C1=C(C)Nc2nc(-c3ccc(C)cc3)nn2C1c1ccc2c(c1)OCO2. The van der Waals surface area contributed by atoms with Crippen LogP contribution in [0.4, 0.5) is 11.6 Å². The first-order valence-electron chi connectivity index (χ1n) is 11.9. The van der Waals surface area contributed by atoms with Gasteiger partial charge in [-0.2, -0.15) is 4.98 Å². The second-order valence-corrected chi connectivity index (χ2v) is 8.90. The molecule has 0 radical (unpaired) electrons. The van der Waals surface area contributed by atoms with E-state index in [2.05, 4.69) is 10.6 Å². The van der Waals surface area contributed by atoms with E-state index >= 15 is 0 Å². The van der Waals surface area contributed by atoms with Gasteiger partial charge in [0.1, 0.15) is 11.8 Å². The quantitative estimate of drug-likeness (QED) is 0.405. The maximum Gasteiger partial charge on any atom is 0.255 e. The molecule has 2 aliphatic heterocycles. The normalized spacial score (nSPS) is 15.7. The minimum Gasteiger partial charge on any atom is -0.495 e. The van der Waals surface area contributed by atoms with Gasteiger partial charge in [0.05, 0.1) is 18.4 Å². The summed E-state index contributed by atoms with van der Waals surface area (Å²) >= 11 is 0. The molecule has 0 aliphatic carbocycles. The number of ether oxygens (including phenoxy) is 3. The first-order valence-corrected chi connectivity index (χ1v) is 11.9. The summed E-state index contributed by atoms with van der Waals surface area (Å²) in [4.78, 5) is 18.6. The minimum atomic E-state index is -0.563. The monoisotopic (exact) mass is 495 g/mol. The molecule has 0 fully saturated rings. The van der Waals surface area contributed by atoms with Crippen LogP contribution >= 0.6 is 0 Å². The Morgan fingerprint density at radius 3 is 2.65 bits per heavy atom. The second kappa shape index (κ2) is 9.02. The summed E-state index contributed by atoms with van der Waals surface area (Å²) in [7, 11) is 1.57. The summed E-state index contributed by atoms with van der Waals surface area (Å²) in [6.07, 6.45) is 0. The number of methoxy groups -OCH3 is 1. The average Bonchev–Trinajstić information content (AvgIpc) is 3.55. The highest BCUT2D eigenvalue weighted by molar-refractivity contribution is 6.06. The highest BCUT2D eigenvalue weighted by Crippen LogP contribution is 2.41. The zero-order chi connectivity index (χ0) is 25.5. The van der Waals surface area contributed by atoms with E-state index in [1.807, 2.05) is 68.4 Å². The van der Waals surface area contributed by atoms with Gasteiger partial charge in [-0.3, -0.25) is 4.79 Å². The van der Waals surface area contributed by atoms with E-state index < -0.39 is 6.04 Å². The standard InChI is InChI=1S/C28H25N5O4/c1-16-8-10-18(11-9-16)26-31-28-29-17(2)24(27(34)30-20-6-4-5-7-21(20)35-3)25(33(28)32-26)19-12-13-22-23(14-19)37-15-36-22/h4-14,25H,15H2,1-3H3,(H,30,34)(H,29,31,32). The Kier molecular flexibility index (Phi) is 5.52. The average molecular weight is 496 g/mol. The first-order chi connectivity index (χ1) is 18.0. The van der Waals surface area contributed by atoms with E-state index in [1.165, 1.54) is 0 Å². The molecule has 186 valence electrons. The Labute approximate surface area is 213 Å². The predicted molar refractivity (Wildman–Crippen MR) is 139 cm³/mol. The molecule has 1 aromatic heterocycles. The summed E-state index contributed by atoms with van der Waals surface area (Å²) < 4.78 is 18.3. The van der Waals surface area contributed by atoms with Gasteiger partial charge in [-0.25, -0.2) is 4.68 Å². The molecule has 9 heteroatoms. The molecule has 1 unspecified atom stereocenters. The van der Waals surface area contributed by atoms with Crippen LogP contribution in [0.5, 0.6) is 17.2 Å². The summed E-state index contributed by atoms with van der Waals surface area (Å²) in [5.41, 5.74) is 4.60. The Morgan fingerprint density at radius 1 is 1.05 bits per heavy atom. The number of fused-ring (bicyclic) bond motifs is 2. The lowest BCUT2D eigenvalue weighted by atomic mass is 9.94. The molecule has 4 aromatic rings. The molecular formula is C28H25N5O4. The molecular weight excluding hydrogens is 470 g/mol. The van der Waals surface area contributed by atoms with Crippen LogP contribution in [-0.2, 0) is 4.79 Å².